The molecule has 1 saturated heterocycles. The average molecular weight is 540 g/mol. The van der Waals surface area contributed by atoms with E-state index in [1.54, 1.807) is 30.9 Å². The van der Waals surface area contributed by atoms with Gasteiger partial charge in [-0.3, -0.25) is 0 Å². The van der Waals surface area contributed by atoms with Crippen LogP contribution in [0, 0.1) is 0 Å². The van der Waals surface area contributed by atoms with Gasteiger partial charge in [0.1, 0.15) is 18.5 Å². The van der Waals surface area contributed by atoms with Crippen molar-refractivity contribution in [2.45, 2.75) is 38.3 Å². The van der Waals surface area contributed by atoms with Crippen LogP contribution in [0.5, 0.6) is 5.75 Å². The zero-order valence-corrected chi connectivity index (χ0v) is 22.0. The first-order valence-electron chi connectivity index (χ1n) is 12.0. The van der Waals surface area contributed by atoms with Crippen molar-refractivity contribution in [1.29, 1.82) is 0 Å². The van der Waals surface area contributed by atoms with Gasteiger partial charge >= 0.3 is 0 Å². The molecule has 4 aromatic rings. The summed E-state index contributed by atoms with van der Waals surface area (Å²) >= 11 is 12.7. The molecule has 2 aromatic heterocycles. The highest BCUT2D eigenvalue weighted by molar-refractivity contribution is 6.35. The SMILES string of the molecule is CC(C)Nc1nccc(-c2ccc(OC[C@@H]3CO[C@@](Cn4ccnc4)(c4ccc(Cl)cc4Cl)O3)cc2)n1. The quantitative estimate of drug-likeness (QED) is 0.287. The normalized spacial score (nSPS) is 19.3. The lowest BCUT2D eigenvalue weighted by atomic mass is 10.1. The molecule has 37 heavy (non-hydrogen) atoms. The van der Waals surface area contributed by atoms with Gasteiger partial charge in [0.15, 0.2) is 0 Å². The summed E-state index contributed by atoms with van der Waals surface area (Å²) in [5, 5.41) is 4.24. The number of ether oxygens (including phenoxy) is 3. The van der Waals surface area contributed by atoms with Crippen LogP contribution in [-0.4, -0.2) is 44.9 Å². The maximum absolute atomic E-state index is 6.55. The van der Waals surface area contributed by atoms with Crippen LogP contribution in [0.15, 0.2) is 73.4 Å². The zero-order chi connectivity index (χ0) is 25.8. The summed E-state index contributed by atoms with van der Waals surface area (Å²) < 4.78 is 20.6. The number of imidazole rings is 1. The van der Waals surface area contributed by atoms with Gasteiger partial charge in [-0.15, -0.1) is 0 Å². The van der Waals surface area contributed by atoms with Crippen molar-refractivity contribution in [3.63, 3.8) is 0 Å². The van der Waals surface area contributed by atoms with Crippen molar-refractivity contribution < 1.29 is 14.2 Å². The molecule has 0 saturated carbocycles. The minimum absolute atomic E-state index is 0.252. The number of halogens is 2. The smallest absolute Gasteiger partial charge is 0.223 e. The molecule has 0 bridgehead atoms. The van der Waals surface area contributed by atoms with Crippen molar-refractivity contribution >= 4 is 29.2 Å². The molecule has 2 atom stereocenters. The van der Waals surface area contributed by atoms with E-state index in [0.29, 0.717) is 41.3 Å². The third-order valence-corrected chi connectivity index (χ3v) is 6.36. The first kappa shape index (κ1) is 25.5. The summed E-state index contributed by atoms with van der Waals surface area (Å²) in [7, 11) is 0. The molecule has 5 rings (SSSR count). The van der Waals surface area contributed by atoms with Gasteiger partial charge in [-0.2, -0.15) is 0 Å². The van der Waals surface area contributed by atoms with Crippen LogP contribution in [0.3, 0.4) is 0 Å². The number of benzene rings is 2. The Hall–Kier alpha value is -3.17. The van der Waals surface area contributed by atoms with Gasteiger partial charge in [0.2, 0.25) is 11.7 Å². The van der Waals surface area contributed by atoms with Crippen molar-refractivity contribution in [3.8, 4) is 17.0 Å². The third kappa shape index (κ3) is 6.05. The van der Waals surface area contributed by atoms with Crippen molar-refractivity contribution in [1.82, 2.24) is 19.5 Å². The van der Waals surface area contributed by atoms with Crippen LogP contribution in [-0.2, 0) is 21.8 Å². The summed E-state index contributed by atoms with van der Waals surface area (Å²) in [5.41, 5.74) is 2.51. The van der Waals surface area contributed by atoms with Crippen LogP contribution in [0.2, 0.25) is 10.0 Å². The van der Waals surface area contributed by atoms with Gasteiger partial charge in [0.05, 0.1) is 30.2 Å². The maximum atomic E-state index is 6.55. The molecule has 0 radical (unpaired) electrons. The standard InChI is InChI=1S/C27H27Cl2N5O3/c1-18(2)32-26-31-10-9-25(33-26)19-3-6-21(7-4-19)35-14-22-15-36-27(37-22,16-34-12-11-30-17-34)23-8-5-20(28)13-24(23)29/h3-13,17-18,22H,14-16H2,1-2H3,(H,31,32,33)/t22-,27-/m1/s1. The molecule has 0 spiro atoms. The number of hydrogen-bond donors (Lipinski definition) is 1. The molecule has 0 amide bonds. The lowest BCUT2D eigenvalue weighted by Gasteiger charge is -2.30. The number of anilines is 1. The van der Waals surface area contributed by atoms with Crippen molar-refractivity contribution in [2.24, 2.45) is 0 Å². The number of nitrogens with zero attached hydrogens (tertiary/aromatic N) is 4. The molecule has 1 fully saturated rings. The lowest BCUT2D eigenvalue weighted by molar-refractivity contribution is -0.189. The Labute approximate surface area is 225 Å². The second-order valence-electron chi connectivity index (χ2n) is 9.06. The summed E-state index contributed by atoms with van der Waals surface area (Å²) in [4.78, 5) is 13.0. The van der Waals surface area contributed by atoms with E-state index in [-0.39, 0.29) is 12.1 Å². The Bertz CT molecular complexity index is 1330. The van der Waals surface area contributed by atoms with Crippen LogP contribution >= 0.6 is 23.2 Å². The van der Waals surface area contributed by atoms with Crippen molar-refractivity contribution in [2.75, 3.05) is 18.5 Å². The Morgan fingerprint density at radius 3 is 2.70 bits per heavy atom. The van der Waals surface area contributed by atoms with E-state index in [9.17, 15) is 0 Å². The molecule has 2 aromatic carbocycles. The molecule has 1 aliphatic heterocycles. The van der Waals surface area contributed by atoms with Gasteiger partial charge < -0.3 is 24.1 Å². The number of hydrogen-bond acceptors (Lipinski definition) is 7. The molecular formula is C27H27Cl2N5O3. The van der Waals surface area contributed by atoms with Crippen LogP contribution in [0.1, 0.15) is 19.4 Å². The molecule has 1 aliphatic rings. The van der Waals surface area contributed by atoms with Crippen molar-refractivity contribution in [3.05, 3.63) is 89.1 Å². The third-order valence-electron chi connectivity index (χ3n) is 5.81. The number of rotatable bonds is 9. The zero-order valence-electron chi connectivity index (χ0n) is 20.5. The van der Waals surface area contributed by atoms with E-state index in [2.05, 4.69) is 20.3 Å². The fraction of sp³-hybridized carbons (Fsp3) is 0.296. The fourth-order valence-electron chi connectivity index (χ4n) is 4.13. The molecule has 0 unspecified atom stereocenters. The molecule has 0 aliphatic carbocycles. The summed E-state index contributed by atoms with van der Waals surface area (Å²) in [5.74, 6) is 0.236. The summed E-state index contributed by atoms with van der Waals surface area (Å²) in [6, 6.07) is 15.2. The molecular weight excluding hydrogens is 513 g/mol. The molecule has 3 heterocycles. The summed E-state index contributed by atoms with van der Waals surface area (Å²) in [6.45, 7) is 5.14. The Balaban J connectivity index is 1.26. The predicted molar refractivity (Wildman–Crippen MR) is 143 cm³/mol. The van der Waals surface area contributed by atoms with Gasteiger partial charge in [-0.05, 0) is 56.3 Å². The Morgan fingerprint density at radius 2 is 1.97 bits per heavy atom. The fourth-order valence-corrected chi connectivity index (χ4v) is 4.69. The summed E-state index contributed by atoms with van der Waals surface area (Å²) in [6.07, 6.45) is 6.71. The van der Waals surface area contributed by atoms with E-state index < -0.39 is 5.79 Å². The second-order valence-corrected chi connectivity index (χ2v) is 9.91. The van der Waals surface area contributed by atoms with E-state index in [1.807, 2.05) is 61.0 Å². The van der Waals surface area contributed by atoms with Crippen LogP contribution < -0.4 is 10.1 Å². The highest BCUT2D eigenvalue weighted by Gasteiger charge is 2.45. The van der Waals surface area contributed by atoms with Gasteiger partial charge in [0, 0.05) is 40.8 Å². The van der Waals surface area contributed by atoms with E-state index in [0.717, 1.165) is 17.0 Å². The van der Waals surface area contributed by atoms with Gasteiger partial charge in [0.25, 0.3) is 0 Å². The first-order valence-corrected chi connectivity index (χ1v) is 12.7. The minimum atomic E-state index is -1.09. The maximum Gasteiger partial charge on any atom is 0.223 e. The Morgan fingerprint density at radius 1 is 1.14 bits per heavy atom. The minimum Gasteiger partial charge on any atom is -0.491 e. The number of nitrogens with one attached hydrogen (secondary N) is 1. The van der Waals surface area contributed by atoms with Gasteiger partial charge in [-0.25, -0.2) is 15.0 Å². The largest absolute Gasteiger partial charge is 0.491 e. The second kappa shape index (κ2) is 11.1. The highest BCUT2D eigenvalue weighted by atomic mass is 35.5. The molecule has 1 N–H and O–H groups in total. The van der Waals surface area contributed by atoms with E-state index >= 15 is 0 Å². The number of aromatic nitrogens is 4. The Kier molecular flexibility index (Phi) is 7.62. The van der Waals surface area contributed by atoms with E-state index in [1.165, 1.54) is 0 Å². The average Bonchev–Trinajstić information content (AvgIpc) is 3.53. The monoisotopic (exact) mass is 539 g/mol. The first-order chi connectivity index (χ1) is 17.9. The molecule has 8 nitrogen and oxygen atoms in total. The molecule has 192 valence electrons. The topological polar surface area (TPSA) is 83.3 Å². The highest BCUT2D eigenvalue weighted by Crippen LogP contribution is 2.40. The van der Waals surface area contributed by atoms with Crippen LogP contribution in [0.25, 0.3) is 11.3 Å². The van der Waals surface area contributed by atoms with E-state index in [4.69, 9.17) is 37.4 Å². The van der Waals surface area contributed by atoms with Gasteiger partial charge in [-0.1, -0.05) is 29.3 Å². The lowest BCUT2D eigenvalue weighted by Crippen LogP contribution is -2.34. The predicted octanol–water partition coefficient (Wildman–Crippen LogP) is 5.81. The molecule has 10 heteroatoms. The van der Waals surface area contributed by atoms with Crippen LogP contribution in [0.4, 0.5) is 5.95 Å².